The first-order valence-corrected chi connectivity index (χ1v) is 11.3. The Hall–Kier alpha value is -3.98. The van der Waals surface area contributed by atoms with Gasteiger partial charge in [-0.1, -0.05) is 12.1 Å². The van der Waals surface area contributed by atoms with E-state index < -0.39 is 17.6 Å². The van der Waals surface area contributed by atoms with Gasteiger partial charge in [-0.3, -0.25) is 9.78 Å². The maximum Gasteiger partial charge on any atom is 0.340 e. The molecule has 1 atom stereocenters. The van der Waals surface area contributed by atoms with E-state index in [0.717, 1.165) is 35.9 Å². The van der Waals surface area contributed by atoms with Crippen molar-refractivity contribution in [3.8, 4) is 16.9 Å². The molecule has 0 bridgehead atoms. The average molecular weight is 477 g/mol. The molecule has 9 nitrogen and oxygen atoms in total. The van der Waals surface area contributed by atoms with E-state index in [-0.39, 0.29) is 23.5 Å². The molecule has 1 aromatic carbocycles. The summed E-state index contributed by atoms with van der Waals surface area (Å²) >= 11 is 0. The summed E-state index contributed by atoms with van der Waals surface area (Å²) in [7, 11) is 2.66. The monoisotopic (exact) mass is 476 g/mol. The Morgan fingerprint density at radius 3 is 2.86 bits per heavy atom. The van der Waals surface area contributed by atoms with Crippen molar-refractivity contribution in [3.05, 3.63) is 75.0 Å². The minimum absolute atomic E-state index is 0.0588. The number of hydrogen-bond acceptors (Lipinski definition) is 8. The smallest absolute Gasteiger partial charge is 0.340 e. The molecule has 0 amide bonds. The molecule has 0 saturated carbocycles. The molecule has 0 aliphatic carbocycles. The van der Waals surface area contributed by atoms with Gasteiger partial charge in [-0.05, 0) is 54.7 Å². The fraction of sp³-hybridized carbons (Fsp3) is 0.308. The van der Waals surface area contributed by atoms with E-state index in [2.05, 4.69) is 10.3 Å². The second kappa shape index (κ2) is 10.1. The van der Waals surface area contributed by atoms with Crippen LogP contribution in [0.3, 0.4) is 0 Å². The molecule has 182 valence electrons. The Morgan fingerprint density at radius 2 is 2.17 bits per heavy atom. The summed E-state index contributed by atoms with van der Waals surface area (Å²) in [5.74, 6) is -0.104. The van der Waals surface area contributed by atoms with Gasteiger partial charge in [-0.15, -0.1) is 0 Å². The number of carbonyl (C=O) groups is 1. The number of fused-ring (bicyclic) bond motifs is 1. The number of benzene rings is 1. The third kappa shape index (κ3) is 4.42. The number of pyridine rings is 2. The predicted molar refractivity (Wildman–Crippen MR) is 132 cm³/mol. The Balaban J connectivity index is 1.98. The van der Waals surface area contributed by atoms with Crippen LogP contribution in [0.1, 0.15) is 40.6 Å². The lowest BCUT2D eigenvalue weighted by Crippen LogP contribution is -2.31. The maximum absolute atomic E-state index is 13.4. The van der Waals surface area contributed by atoms with Gasteiger partial charge >= 0.3 is 5.97 Å². The Bertz CT molecular complexity index is 1330. The first kappa shape index (κ1) is 24.2. The number of ether oxygens (including phenoxy) is 2. The zero-order valence-electron chi connectivity index (χ0n) is 19.9. The van der Waals surface area contributed by atoms with Crippen molar-refractivity contribution in [1.29, 1.82) is 5.41 Å². The van der Waals surface area contributed by atoms with Crippen molar-refractivity contribution in [3.63, 3.8) is 0 Å². The molecule has 35 heavy (non-hydrogen) atoms. The lowest BCUT2D eigenvalue weighted by atomic mass is 9.88. The van der Waals surface area contributed by atoms with Gasteiger partial charge in [-0.2, -0.15) is 0 Å². The molecule has 3 N–H and O–H groups in total. The van der Waals surface area contributed by atoms with Gasteiger partial charge < -0.3 is 29.9 Å². The fourth-order valence-corrected chi connectivity index (χ4v) is 4.53. The average Bonchev–Trinajstić information content (AvgIpc) is 2.89. The van der Waals surface area contributed by atoms with E-state index in [0.29, 0.717) is 23.4 Å². The number of carbonyl (C=O) groups excluding carboxylic acids is 1. The van der Waals surface area contributed by atoms with E-state index >= 15 is 0 Å². The molecule has 0 fully saturated rings. The van der Waals surface area contributed by atoms with Crippen LogP contribution in [0, 0.1) is 12.3 Å². The van der Waals surface area contributed by atoms with Crippen molar-refractivity contribution >= 4 is 17.9 Å². The minimum Gasteiger partial charge on any atom is -0.493 e. The number of hydrogen-bond donors (Lipinski definition) is 3. The molecule has 0 saturated heterocycles. The second-order valence-electron chi connectivity index (χ2n) is 8.32. The van der Waals surface area contributed by atoms with Crippen molar-refractivity contribution in [2.45, 2.75) is 32.4 Å². The fourth-order valence-electron chi connectivity index (χ4n) is 4.53. The van der Waals surface area contributed by atoms with Crippen molar-refractivity contribution in [2.75, 3.05) is 19.0 Å². The highest BCUT2D eigenvalue weighted by Crippen LogP contribution is 2.40. The SMILES string of the molecule is COC(=O)C(O)c1c(-c2ccc3c(c2C)CCCO3)c(C=N)c(NCc2ccccn2)c(=O)n1C. The van der Waals surface area contributed by atoms with Gasteiger partial charge in [0.2, 0.25) is 0 Å². The van der Waals surface area contributed by atoms with E-state index in [1.54, 1.807) is 12.3 Å². The van der Waals surface area contributed by atoms with E-state index in [9.17, 15) is 14.7 Å². The molecule has 3 aromatic rings. The topological polar surface area (TPSA) is 127 Å². The van der Waals surface area contributed by atoms with Crippen LogP contribution >= 0.6 is 0 Å². The van der Waals surface area contributed by atoms with Gasteiger partial charge in [0.25, 0.3) is 5.56 Å². The molecule has 0 spiro atoms. The molecule has 9 heteroatoms. The maximum atomic E-state index is 13.4. The van der Waals surface area contributed by atoms with Crippen molar-refractivity contribution < 1.29 is 19.4 Å². The second-order valence-corrected chi connectivity index (χ2v) is 8.32. The molecule has 0 radical (unpaired) electrons. The summed E-state index contributed by atoms with van der Waals surface area (Å²) in [5.41, 5.74) is 3.77. The summed E-state index contributed by atoms with van der Waals surface area (Å²) in [6, 6.07) is 9.16. The lowest BCUT2D eigenvalue weighted by molar-refractivity contribution is -0.151. The molecule has 4 rings (SSSR count). The predicted octanol–water partition coefficient (Wildman–Crippen LogP) is 2.90. The first-order valence-electron chi connectivity index (χ1n) is 11.3. The largest absolute Gasteiger partial charge is 0.493 e. The first-order chi connectivity index (χ1) is 16.9. The number of nitrogens with zero attached hydrogens (tertiary/aromatic N) is 2. The zero-order chi connectivity index (χ0) is 25.1. The summed E-state index contributed by atoms with van der Waals surface area (Å²) in [6.45, 7) is 2.84. The number of aliphatic hydroxyl groups excluding tert-OH is 1. The van der Waals surface area contributed by atoms with Crippen LogP contribution in [0.15, 0.2) is 41.3 Å². The van der Waals surface area contributed by atoms with Crippen molar-refractivity contribution in [2.24, 2.45) is 7.05 Å². The molecule has 1 aliphatic rings. The minimum atomic E-state index is -1.72. The number of rotatable bonds is 7. The third-order valence-electron chi connectivity index (χ3n) is 6.33. The van der Waals surface area contributed by atoms with E-state index in [1.165, 1.54) is 18.7 Å². The Labute approximate surface area is 202 Å². The van der Waals surface area contributed by atoms with Crippen LogP contribution in [0.25, 0.3) is 11.1 Å². The van der Waals surface area contributed by atoms with Crippen LogP contribution in [-0.4, -0.2) is 40.6 Å². The number of methoxy groups -OCH3 is 1. The molecular weight excluding hydrogens is 448 g/mol. The van der Waals surface area contributed by atoms with Crippen molar-refractivity contribution in [1.82, 2.24) is 9.55 Å². The van der Waals surface area contributed by atoms with Crippen LogP contribution < -0.4 is 15.6 Å². The van der Waals surface area contributed by atoms with Gasteiger partial charge in [0.1, 0.15) is 11.4 Å². The molecule has 2 aromatic heterocycles. The number of nitrogens with one attached hydrogen (secondary N) is 2. The van der Waals surface area contributed by atoms with Crippen LogP contribution in [0.2, 0.25) is 0 Å². The van der Waals surface area contributed by atoms with Gasteiger partial charge in [0.05, 0.1) is 31.6 Å². The molecule has 1 unspecified atom stereocenters. The van der Waals surface area contributed by atoms with E-state index in [4.69, 9.17) is 14.9 Å². The highest BCUT2D eigenvalue weighted by molar-refractivity contribution is 5.98. The lowest BCUT2D eigenvalue weighted by Gasteiger charge is -2.26. The number of aliphatic hydroxyl groups is 1. The summed E-state index contributed by atoms with van der Waals surface area (Å²) in [6.07, 6.45) is 2.70. The quantitative estimate of drug-likeness (QED) is 0.353. The number of anilines is 1. The van der Waals surface area contributed by atoms with Gasteiger partial charge in [0.15, 0.2) is 6.10 Å². The zero-order valence-corrected chi connectivity index (χ0v) is 19.9. The molecule has 3 heterocycles. The van der Waals surface area contributed by atoms with Crippen LogP contribution in [0.4, 0.5) is 5.69 Å². The standard InChI is InChI=1S/C26H28N4O5/c1-15-17-8-6-12-35-20(17)10-9-18(15)21-19(13-27)22(29-14-16-7-4-5-11-28-16)25(32)30(2)23(21)24(31)26(33)34-3/h4-5,7,9-11,13,24,27,29,31H,6,8,12,14H2,1-3H3. The van der Waals surface area contributed by atoms with Crippen LogP contribution in [0.5, 0.6) is 5.75 Å². The van der Waals surface area contributed by atoms with Gasteiger partial charge in [-0.25, -0.2) is 4.79 Å². The third-order valence-corrected chi connectivity index (χ3v) is 6.33. The summed E-state index contributed by atoms with van der Waals surface area (Å²) in [5, 5.41) is 22.3. The molecular formula is C26H28N4O5. The summed E-state index contributed by atoms with van der Waals surface area (Å²) in [4.78, 5) is 30.1. The van der Waals surface area contributed by atoms with E-state index in [1.807, 2.05) is 31.2 Å². The number of esters is 1. The summed E-state index contributed by atoms with van der Waals surface area (Å²) < 4.78 is 11.8. The Morgan fingerprint density at radius 1 is 1.37 bits per heavy atom. The Kier molecular flexibility index (Phi) is 6.97. The highest BCUT2D eigenvalue weighted by Gasteiger charge is 2.31. The van der Waals surface area contributed by atoms with Gasteiger partial charge in [0, 0.05) is 30.6 Å². The van der Waals surface area contributed by atoms with Crippen LogP contribution in [-0.2, 0) is 29.5 Å². The molecule has 1 aliphatic heterocycles. The normalized spacial score (nSPS) is 13.4. The highest BCUT2D eigenvalue weighted by atomic mass is 16.5. The number of aromatic nitrogens is 2.